The van der Waals surface area contributed by atoms with Crippen molar-refractivity contribution in [3.63, 3.8) is 0 Å². The van der Waals surface area contributed by atoms with Crippen molar-refractivity contribution >= 4 is 17.5 Å². The summed E-state index contributed by atoms with van der Waals surface area (Å²) >= 11 is 0. The van der Waals surface area contributed by atoms with Crippen LogP contribution in [0.3, 0.4) is 0 Å². The van der Waals surface area contributed by atoms with E-state index >= 15 is 0 Å². The van der Waals surface area contributed by atoms with Crippen LogP contribution in [0.15, 0.2) is 54.7 Å². The van der Waals surface area contributed by atoms with E-state index in [0.29, 0.717) is 30.2 Å². The molecule has 2 aromatic heterocycles. The van der Waals surface area contributed by atoms with Crippen molar-refractivity contribution in [3.05, 3.63) is 66.0 Å². The van der Waals surface area contributed by atoms with Crippen molar-refractivity contribution in [1.29, 1.82) is 0 Å². The van der Waals surface area contributed by atoms with Crippen LogP contribution in [-0.2, 0) is 11.2 Å². The first-order valence-electron chi connectivity index (χ1n) is 10.3. The fourth-order valence-corrected chi connectivity index (χ4v) is 3.81. The Labute approximate surface area is 175 Å². The van der Waals surface area contributed by atoms with E-state index in [1.165, 1.54) is 0 Å². The van der Waals surface area contributed by atoms with Gasteiger partial charge in [0.05, 0.1) is 11.6 Å². The molecule has 1 fully saturated rings. The van der Waals surface area contributed by atoms with Crippen LogP contribution in [0.2, 0.25) is 0 Å². The van der Waals surface area contributed by atoms with E-state index in [1.54, 1.807) is 17.2 Å². The van der Waals surface area contributed by atoms with E-state index < -0.39 is 0 Å². The molecule has 0 bridgehead atoms. The van der Waals surface area contributed by atoms with Crippen LogP contribution >= 0.6 is 0 Å². The summed E-state index contributed by atoms with van der Waals surface area (Å²) < 4.78 is 0. The predicted molar refractivity (Wildman–Crippen MR) is 115 cm³/mol. The lowest BCUT2D eigenvalue weighted by Crippen LogP contribution is -2.44. The van der Waals surface area contributed by atoms with E-state index in [1.807, 2.05) is 42.5 Å². The van der Waals surface area contributed by atoms with Gasteiger partial charge >= 0.3 is 0 Å². The van der Waals surface area contributed by atoms with Crippen molar-refractivity contribution in [2.24, 2.45) is 5.92 Å². The zero-order chi connectivity index (χ0) is 20.9. The number of carbonyl (C=O) groups excluding carboxylic acids is 2. The SMILES string of the molecule is CCc1ccccc1NC(=O)[C@H]1CCCN(C(=O)c2cc(-c3ccccn3)n[nH]2)C1. The molecule has 2 amide bonds. The van der Waals surface area contributed by atoms with Crippen LogP contribution in [0.5, 0.6) is 0 Å². The van der Waals surface area contributed by atoms with Gasteiger partial charge in [-0.15, -0.1) is 0 Å². The zero-order valence-corrected chi connectivity index (χ0v) is 17.0. The molecule has 0 unspecified atom stereocenters. The number of rotatable bonds is 5. The number of para-hydroxylation sites is 1. The Morgan fingerprint density at radius 1 is 1.17 bits per heavy atom. The Hall–Kier alpha value is -3.48. The molecule has 7 nitrogen and oxygen atoms in total. The maximum atomic E-state index is 13.0. The largest absolute Gasteiger partial charge is 0.337 e. The van der Waals surface area contributed by atoms with Crippen LogP contribution in [0.25, 0.3) is 11.4 Å². The Kier molecular flexibility index (Phi) is 5.88. The first kappa shape index (κ1) is 19.8. The fourth-order valence-electron chi connectivity index (χ4n) is 3.81. The lowest BCUT2D eigenvalue weighted by Gasteiger charge is -2.31. The monoisotopic (exact) mass is 403 g/mol. The zero-order valence-electron chi connectivity index (χ0n) is 17.0. The maximum Gasteiger partial charge on any atom is 0.271 e. The van der Waals surface area contributed by atoms with E-state index in [0.717, 1.165) is 30.5 Å². The van der Waals surface area contributed by atoms with Crippen LogP contribution < -0.4 is 5.32 Å². The number of aryl methyl sites for hydroxylation is 1. The predicted octanol–water partition coefficient (Wildman–Crippen LogP) is 3.53. The molecule has 1 aliphatic rings. The quantitative estimate of drug-likeness (QED) is 0.682. The number of nitrogens with zero attached hydrogens (tertiary/aromatic N) is 3. The van der Waals surface area contributed by atoms with E-state index in [-0.39, 0.29) is 17.7 Å². The molecule has 0 saturated carbocycles. The Morgan fingerprint density at radius 2 is 2.00 bits per heavy atom. The summed E-state index contributed by atoms with van der Waals surface area (Å²) in [6.45, 7) is 3.10. The molecule has 30 heavy (non-hydrogen) atoms. The standard InChI is InChI=1S/C23H25N5O2/c1-2-16-8-3-4-10-18(16)25-22(29)17-9-7-13-28(15-17)23(30)21-14-20(26-27-21)19-11-5-6-12-24-19/h3-6,8,10-12,14,17H,2,7,9,13,15H2,1H3,(H,25,29)(H,26,27)/t17-/m0/s1. The molecule has 0 spiro atoms. The van der Waals surface area contributed by atoms with Gasteiger partial charge in [-0.05, 0) is 49.1 Å². The number of anilines is 1. The topological polar surface area (TPSA) is 91.0 Å². The normalized spacial score (nSPS) is 16.3. The molecule has 1 aromatic carbocycles. The van der Waals surface area contributed by atoms with Crippen molar-refractivity contribution in [2.45, 2.75) is 26.2 Å². The van der Waals surface area contributed by atoms with Gasteiger partial charge in [-0.25, -0.2) is 0 Å². The van der Waals surface area contributed by atoms with E-state index in [2.05, 4.69) is 27.4 Å². The van der Waals surface area contributed by atoms with Gasteiger partial charge in [-0.1, -0.05) is 31.2 Å². The average Bonchev–Trinajstić information content (AvgIpc) is 3.30. The van der Waals surface area contributed by atoms with Crippen molar-refractivity contribution in [3.8, 4) is 11.4 Å². The highest BCUT2D eigenvalue weighted by Crippen LogP contribution is 2.23. The summed E-state index contributed by atoms with van der Waals surface area (Å²) in [7, 11) is 0. The lowest BCUT2D eigenvalue weighted by molar-refractivity contribution is -0.121. The number of likely N-dealkylation sites (tertiary alicyclic amines) is 1. The smallest absolute Gasteiger partial charge is 0.271 e. The molecule has 1 atom stereocenters. The van der Waals surface area contributed by atoms with Crippen molar-refractivity contribution in [2.75, 3.05) is 18.4 Å². The second-order valence-corrected chi connectivity index (χ2v) is 7.47. The summed E-state index contributed by atoms with van der Waals surface area (Å²) in [6.07, 6.45) is 4.10. The average molecular weight is 403 g/mol. The number of piperidine rings is 1. The number of amides is 2. The minimum absolute atomic E-state index is 0.0350. The van der Waals surface area contributed by atoms with Gasteiger partial charge in [0.1, 0.15) is 11.4 Å². The third-order valence-electron chi connectivity index (χ3n) is 5.47. The Bertz CT molecular complexity index is 1030. The second-order valence-electron chi connectivity index (χ2n) is 7.47. The molecule has 4 rings (SSSR count). The second kappa shape index (κ2) is 8.90. The summed E-state index contributed by atoms with van der Waals surface area (Å²) in [4.78, 5) is 31.8. The highest BCUT2D eigenvalue weighted by Gasteiger charge is 2.30. The third kappa shape index (κ3) is 4.25. The highest BCUT2D eigenvalue weighted by molar-refractivity contribution is 5.96. The minimum Gasteiger partial charge on any atom is -0.337 e. The van der Waals surface area contributed by atoms with Gasteiger partial charge in [0.2, 0.25) is 5.91 Å². The van der Waals surface area contributed by atoms with Crippen LogP contribution in [0.4, 0.5) is 5.69 Å². The molecule has 2 N–H and O–H groups in total. The van der Waals surface area contributed by atoms with Crippen molar-refractivity contribution < 1.29 is 9.59 Å². The number of H-pyrrole nitrogens is 1. The van der Waals surface area contributed by atoms with E-state index in [4.69, 9.17) is 0 Å². The number of benzene rings is 1. The molecule has 1 aliphatic heterocycles. The molecule has 1 saturated heterocycles. The van der Waals surface area contributed by atoms with Crippen LogP contribution in [0.1, 0.15) is 35.8 Å². The van der Waals surface area contributed by atoms with Gasteiger partial charge in [0.15, 0.2) is 0 Å². The number of carbonyl (C=O) groups is 2. The summed E-state index contributed by atoms with van der Waals surface area (Å²) in [5.74, 6) is -0.408. The molecule has 7 heteroatoms. The number of aromatic amines is 1. The van der Waals surface area contributed by atoms with Gasteiger partial charge < -0.3 is 10.2 Å². The first-order chi connectivity index (χ1) is 14.7. The molecule has 3 heterocycles. The lowest BCUT2D eigenvalue weighted by atomic mass is 9.96. The summed E-state index contributed by atoms with van der Waals surface area (Å²) in [6, 6.07) is 15.1. The number of hydrogen-bond acceptors (Lipinski definition) is 4. The number of pyridine rings is 1. The Balaban J connectivity index is 1.43. The maximum absolute atomic E-state index is 13.0. The van der Waals surface area contributed by atoms with Crippen LogP contribution in [-0.4, -0.2) is 45.0 Å². The highest BCUT2D eigenvalue weighted by atomic mass is 16.2. The molecule has 154 valence electrons. The number of hydrogen-bond donors (Lipinski definition) is 2. The first-order valence-corrected chi connectivity index (χ1v) is 10.3. The van der Waals surface area contributed by atoms with E-state index in [9.17, 15) is 9.59 Å². The van der Waals surface area contributed by atoms with Gasteiger partial charge in [-0.2, -0.15) is 5.10 Å². The summed E-state index contributed by atoms with van der Waals surface area (Å²) in [5, 5.41) is 10.1. The van der Waals surface area contributed by atoms with Gasteiger partial charge in [0, 0.05) is 25.0 Å². The molecular formula is C23H25N5O2. The molecule has 0 aliphatic carbocycles. The minimum atomic E-state index is -0.231. The Morgan fingerprint density at radius 3 is 2.80 bits per heavy atom. The van der Waals surface area contributed by atoms with Crippen LogP contribution in [0, 0.1) is 5.92 Å². The molecule has 3 aromatic rings. The molecule has 0 radical (unpaired) electrons. The third-order valence-corrected chi connectivity index (χ3v) is 5.47. The number of nitrogens with one attached hydrogen (secondary N) is 2. The number of aromatic nitrogens is 3. The van der Waals surface area contributed by atoms with Gasteiger partial charge in [0.25, 0.3) is 5.91 Å². The van der Waals surface area contributed by atoms with Gasteiger partial charge in [-0.3, -0.25) is 19.7 Å². The fraction of sp³-hybridized carbons (Fsp3) is 0.304. The van der Waals surface area contributed by atoms with Crippen molar-refractivity contribution in [1.82, 2.24) is 20.1 Å². The molecular weight excluding hydrogens is 378 g/mol. The summed E-state index contributed by atoms with van der Waals surface area (Å²) in [5.41, 5.74) is 3.70.